The third-order valence-electron chi connectivity index (χ3n) is 7.40. The van der Waals surface area contributed by atoms with Gasteiger partial charge in [0.2, 0.25) is 0 Å². The van der Waals surface area contributed by atoms with Crippen LogP contribution < -0.4 is 5.32 Å². The van der Waals surface area contributed by atoms with Gasteiger partial charge in [-0.25, -0.2) is 4.79 Å². The minimum atomic E-state index is -5.04. The summed E-state index contributed by atoms with van der Waals surface area (Å²) in [5.74, 6) is -1.00. The van der Waals surface area contributed by atoms with Crippen molar-refractivity contribution in [2.75, 3.05) is 19.6 Å². The fourth-order valence-corrected chi connectivity index (χ4v) is 5.49. The molecule has 0 bridgehead atoms. The molecule has 1 unspecified atom stereocenters. The molecule has 2 N–H and O–H groups in total. The van der Waals surface area contributed by atoms with Gasteiger partial charge in [0.25, 0.3) is 5.91 Å². The molecule has 2 aromatic rings. The molecule has 2 heterocycles. The number of carboxylic acid groups (broad SMARTS) is 1. The highest BCUT2D eigenvalue weighted by molar-refractivity contribution is 5.95. The number of alkyl halides is 6. The molecule has 39 heavy (non-hydrogen) atoms. The number of likely N-dealkylation sites (tertiary alicyclic amines) is 2. The van der Waals surface area contributed by atoms with Gasteiger partial charge in [-0.15, -0.1) is 0 Å². The quantitative estimate of drug-likeness (QED) is 0.465. The first-order valence-electron chi connectivity index (χ1n) is 12.7. The Hall–Kier alpha value is -3.28. The van der Waals surface area contributed by atoms with Gasteiger partial charge in [-0.3, -0.25) is 9.69 Å². The Kier molecular flexibility index (Phi) is 8.43. The Bertz CT molecular complexity index is 1140. The number of carbonyl (C=O) groups excluding carboxylic acids is 1. The Labute approximate surface area is 221 Å². The van der Waals surface area contributed by atoms with Gasteiger partial charge in [-0.05, 0) is 55.9 Å². The van der Waals surface area contributed by atoms with E-state index in [1.54, 1.807) is 0 Å². The standard InChI is InChI=1S/C27H29F6N3O3/c28-26(29,30)19-12-18(13-20(14-19)27(31,32)33)24(37)34-21-8-10-35(16-21)22-7-4-9-36(25(38)39)23(15-22)11-17-5-2-1-3-6-17/h1-3,5-6,12-14,21-23H,4,7-11,15-16H2,(H,34,37)(H,38,39)/t21-,22-,23?/m1/s1. The summed E-state index contributed by atoms with van der Waals surface area (Å²) in [5.41, 5.74) is -2.77. The van der Waals surface area contributed by atoms with Crippen LogP contribution in [0.5, 0.6) is 0 Å². The monoisotopic (exact) mass is 557 g/mol. The van der Waals surface area contributed by atoms with Crippen molar-refractivity contribution in [3.8, 4) is 0 Å². The van der Waals surface area contributed by atoms with E-state index < -0.39 is 47.1 Å². The molecule has 3 atom stereocenters. The Morgan fingerprint density at radius 3 is 2.15 bits per heavy atom. The van der Waals surface area contributed by atoms with Gasteiger partial charge in [0.1, 0.15) is 0 Å². The van der Waals surface area contributed by atoms with Crippen molar-refractivity contribution in [3.63, 3.8) is 0 Å². The van der Waals surface area contributed by atoms with E-state index in [2.05, 4.69) is 10.2 Å². The molecule has 4 rings (SSSR count). The third kappa shape index (κ3) is 7.23. The van der Waals surface area contributed by atoms with Crippen LogP contribution in [0.2, 0.25) is 0 Å². The van der Waals surface area contributed by atoms with Crippen molar-refractivity contribution in [3.05, 3.63) is 70.8 Å². The second-order valence-electron chi connectivity index (χ2n) is 10.1. The van der Waals surface area contributed by atoms with E-state index in [4.69, 9.17) is 0 Å². The zero-order valence-corrected chi connectivity index (χ0v) is 20.9. The summed E-state index contributed by atoms with van der Waals surface area (Å²) in [6, 6.07) is 9.71. The average molecular weight is 558 g/mol. The number of hydrogen-bond donors (Lipinski definition) is 2. The van der Waals surface area contributed by atoms with E-state index in [0.717, 1.165) is 12.0 Å². The minimum absolute atomic E-state index is 0.00752. The SMILES string of the molecule is O=C(N[C@@H]1CCN([C@@H]2CCCN(C(=O)O)C(Cc3ccccc3)C2)C1)c1cc(C(F)(F)F)cc(C(F)(F)F)c1. The molecule has 0 spiro atoms. The summed E-state index contributed by atoms with van der Waals surface area (Å²) in [5, 5.41) is 12.4. The second kappa shape index (κ2) is 11.4. The molecule has 0 saturated carbocycles. The lowest BCUT2D eigenvalue weighted by atomic mass is 9.97. The number of carbonyl (C=O) groups is 2. The molecule has 2 aromatic carbocycles. The zero-order valence-electron chi connectivity index (χ0n) is 20.9. The molecular weight excluding hydrogens is 528 g/mol. The first-order valence-corrected chi connectivity index (χ1v) is 12.7. The number of hydrogen-bond acceptors (Lipinski definition) is 3. The van der Waals surface area contributed by atoms with Crippen molar-refractivity contribution in [2.24, 2.45) is 0 Å². The van der Waals surface area contributed by atoms with E-state index in [-0.39, 0.29) is 18.2 Å². The normalized spacial score (nSPS) is 22.9. The molecular formula is C27H29F6N3O3. The van der Waals surface area contributed by atoms with Crippen molar-refractivity contribution in [1.29, 1.82) is 0 Å². The maximum atomic E-state index is 13.2. The van der Waals surface area contributed by atoms with E-state index >= 15 is 0 Å². The highest BCUT2D eigenvalue weighted by Gasteiger charge is 2.39. The lowest BCUT2D eigenvalue weighted by Crippen LogP contribution is -2.44. The van der Waals surface area contributed by atoms with Crippen LogP contribution in [-0.2, 0) is 18.8 Å². The largest absolute Gasteiger partial charge is 0.465 e. The molecule has 2 aliphatic rings. The first kappa shape index (κ1) is 28.7. The summed E-state index contributed by atoms with van der Waals surface area (Å²) < 4.78 is 79.2. The summed E-state index contributed by atoms with van der Waals surface area (Å²) in [6.45, 7) is 1.33. The number of nitrogens with one attached hydrogen (secondary N) is 1. The number of amides is 2. The van der Waals surface area contributed by atoms with Crippen LogP contribution in [0, 0.1) is 0 Å². The average Bonchev–Trinajstić information content (AvgIpc) is 3.22. The summed E-state index contributed by atoms with van der Waals surface area (Å²) in [6.07, 6.45) is -8.08. The van der Waals surface area contributed by atoms with Crippen molar-refractivity contribution in [2.45, 2.75) is 62.6 Å². The molecule has 2 saturated heterocycles. The Morgan fingerprint density at radius 2 is 1.56 bits per heavy atom. The van der Waals surface area contributed by atoms with Gasteiger partial charge in [0, 0.05) is 43.3 Å². The topological polar surface area (TPSA) is 72.9 Å². The van der Waals surface area contributed by atoms with Crippen LogP contribution >= 0.6 is 0 Å². The van der Waals surface area contributed by atoms with Gasteiger partial charge in [0.05, 0.1) is 11.1 Å². The van der Waals surface area contributed by atoms with Crippen molar-refractivity contribution >= 4 is 12.0 Å². The molecule has 6 nitrogen and oxygen atoms in total. The lowest BCUT2D eigenvalue weighted by molar-refractivity contribution is -0.143. The fraction of sp³-hybridized carbons (Fsp3) is 0.481. The highest BCUT2D eigenvalue weighted by Crippen LogP contribution is 2.36. The van der Waals surface area contributed by atoms with E-state index in [1.165, 1.54) is 4.90 Å². The van der Waals surface area contributed by atoms with Gasteiger partial charge in [0.15, 0.2) is 0 Å². The molecule has 0 aromatic heterocycles. The lowest BCUT2D eigenvalue weighted by Gasteiger charge is -2.32. The van der Waals surface area contributed by atoms with Gasteiger partial charge in [-0.2, -0.15) is 26.3 Å². The second-order valence-corrected chi connectivity index (χ2v) is 10.1. The molecule has 0 aliphatic carbocycles. The predicted molar refractivity (Wildman–Crippen MR) is 130 cm³/mol. The van der Waals surface area contributed by atoms with Crippen LogP contribution in [-0.4, -0.2) is 64.7 Å². The van der Waals surface area contributed by atoms with E-state index in [9.17, 15) is 41.0 Å². The fourth-order valence-electron chi connectivity index (χ4n) is 5.49. The van der Waals surface area contributed by atoms with Gasteiger partial charge < -0.3 is 15.3 Å². The van der Waals surface area contributed by atoms with Crippen molar-refractivity contribution in [1.82, 2.24) is 15.1 Å². The number of benzene rings is 2. The van der Waals surface area contributed by atoms with Gasteiger partial charge in [-0.1, -0.05) is 30.3 Å². The Balaban J connectivity index is 1.44. The first-order chi connectivity index (χ1) is 18.3. The number of rotatable bonds is 5. The van der Waals surface area contributed by atoms with Crippen LogP contribution in [0.25, 0.3) is 0 Å². The minimum Gasteiger partial charge on any atom is -0.465 e. The van der Waals surface area contributed by atoms with Crippen LogP contribution in [0.3, 0.4) is 0 Å². The molecule has 0 radical (unpaired) electrons. The van der Waals surface area contributed by atoms with E-state index in [0.29, 0.717) is 57.5 Å². The molecule has 2 aliphatic heterocycles. The third-order valence-corrected chi connectivity index (χ3v) is 7.40. The van der Waals surface area contributed by atoms with E-state index in [1.807, 2.05) is 30.3 Å². The molecule has 2 amide bonds. The predicted octanol–water partition coefficient (Wildman–Crippen LogP) is 5.67. The maximum absolute atomic E-state index is 13.2. The summed E-state index contributed by atoms with van der Waals surface area (Å²) >= 11 is 0. The number of halogens is 6. The molecule has 212 valence electrons. The van der Waals surface area contributed by atoms with Crippen LogP contribution in [0.15, 0.2) is 48.5 Å². The Morgan fingerprint density at radius 1 is 0.923 bits per heavy atom. The molecule has 12 heteroatoms. The zero-order chi connectivity index (χ0) is 28.4. The summed E-state index contributed by atoms with van der Waals surface area (Å²) in [7, 11) is 0. The van der Waals surface area contributed by atoms with Crippen LogP contribution in [0.1, 0.15) is 52.7 Å². The van der Waals surface area contributed by atoms with Crippen LogP contribution in [0.4, 0.5) is 31.1 Å². The van der Waals surface area contributed by atoms with Gasteiger partial charge >= 0.3 is 18.4 Å². The summed E-state index contributed by atoms with van der Waals surface area (Å²) in [4.78, 5) is 28.3. The molecule has 2 fully saturated rings. The maximum Gasteiger partial charge on any atom is 0.416 e. The van der Waals surface area contributed by atoms with Crippen molar-refractivity contribution < 1.29 is 41.0 Å². The highest BCUT2D eigenvalue weighted by atomic mass is 19.4. The number of nitrogens with zero attached hydrogens (tertiary/aromatic N) is 2. The smallest absolute Gasteiger partial charge is 0.416 e.